The first-order chi connectivity index (χ1) is 10.1. The lowest BCUT2D eigenvalue weighted by molar-refractivity contribution is 0.189. The average molecular weight is 286 g/mol. The van der Waals surface area contributed by atoms with Crippen LogP contribution in [0.1, 0.15) is 24.3 Å². The fraction of sp³-hybridized carbons (Fsp3) is 0.188. The van der Waals surface area contributed by atoms with Gasteiger partial charge in [-0.15, -0.1) is 0 Å². The van der Waals surface area contributed by atoms with Crippen molar-refractivity contribution in [3.63, 3.8) is 0 Å². The van der Waals surface area contributed by atoms with Crippen LogP contribution in [-0.2, 0) is 6.61 Å². The first-order valence-corrected chi connectivity index (χ1v) is 6.66. The van der Waals surface area contributed by atoms with Crippen molar-refractivity contribution in [1.29, 1.82) is 0 Å². The molecular formula is C16H15FN2O2. The van der Waals surface area contributed by atoms with Crippen molar-refractivity contribution in [2.45, 2.75) is 19.6 Å². The molecule has 0 spiro atoms. The molecule has 0 saturated heterocycles. The van der Waals surface area contributed by atoms with Crippen LogP contribution in [0, 0.1) is 5.82 Å². The van der Waals surface area contributed by atoms with Crippen LogP contribution in [0.5, 0.6) is 5.75 Å². The highest BCUT2D eigenvalue weighted by molar-refractivity contribution is 5.40. The summed E-state index contributed by atoms with van der Waals surface area (Å²) in [7, 11) is 0. The summed E-state index contributed by atoms with van der Waals surface area (Å²) in [6.45, 7) is 1.83. The molecule has 1 N–H and O–H groups in total. The number of rotatable bonds is 4. The van der Waals surface area contributed by atoms with Gasteiger partial charge in [0.1, 0.15) is 23.8 Å². The molecule has 1 atom stereocenters. The standard InChI is InChI=1S/C16H15FN2O2/c1-11(20)14-8-12(17)5-6-15(14)21-10-13-9-19-7-3-2-4-16(19)18-13/h2-9,11,20H,10H2,1H3/t11-/m1/s1. The molecule has 0 radical (unpaired) electrons. The fourth-order valence-electron chi connectivity index (χ4n) is 2.19. The molecule has 1 aromatic carbocycles. The Morgan fingerprint density at radius 1 is 1.33 bits per heavy atom. The van der Waals surface area contributed by atoms with Crippen molar-refractivity contribution in [2.24, 2.45) is 0 Å². The second-order valence-electron chi connectivity index (χ2n) is 4.85. The highest BCUT2D eigenvalue weighted by atomic mass is 19.1. The highest BCUT2D eigenvalue weighted by Gasteiger charge is 2.11. The molecule has 0 fully saturated rings. The number of halogens is 1. The summed E-state index contributed by atoms with van der Waals surface area (Å²) in [5.74, 6) is 0.0643. The van der Waals surface area contributed by atoms with Crippen LogP contribution in [0.4, 0.5) is 4.39 Å². The summed E-state index contributed by atoms with van der Waals surface area (Å²) in [6.07, 6.45) is 2.99. The molecular weight excluding hydrogens is 271 g/mol. The summed E-state index contributed by atoms with van der Waals surface area (Å²) >= 11 is 0. The van der Waals surface area contributed by atoms with Gasteiger partial charge in [-0.2, -0.15) is 0 Å². The molecule has 4 nitrogen and oxygen atoms in total. The lowest BCUT2D eigenvalue weighted by atomic mass is 10.1. The Hall–Kier alpha value is -2.40. The zero-order valence-corrected chi connectivity index (χ0v) is 11.5. The molecule has 2 heterocycles. The van der Waals surface area contributed by atoms with Crippen LogP contribution in [0.2, 0.25) is 0 Å². The first kappa shape index (κ1) is 13.6. The third-order valence-electron chi connectivity index (χ3n) is 3.21. The Morgan fingerprint density at radius 3 is 2.95 bits per heavy atom. The van der Waals surface area contributed by atoms with E-state index >= 15 is 0 Å². The molecule has 0 bridgehead atoms. The summed E-state index contributed by atoms with van der Waals surface area (Å²) in [4.78, 5) is 4.42. The zero-order chi connectivity index (χ0) is 14.8. The number of imidazole rings is 1. The minimum absolute atomic E-state index is 0.257. The number of hydrogen-bond donors (Lipinski definition) is 1. The Morgan fingerprint density at radius 2 is 2.19 bits per heavy atom. The largest absolute Gasteiger partial charge is 0.487 e. The van der Waals surface area contributed by atoms with E-state index in [-0.39, 0.29) is 6.61 Å². The molecule has 0 aliphatic heterocycles. The number of benzene rings is 1. The number of pyridine rings is 1. The number of aliphatic hydroxyl groups is 1. The van der Waals surface area contributed by atoms with E-state index in [1.807, 2.05) is 35.0 Å². The van der Waals surface area contributed by atoms with E-state index in [1.54, 1.807) is 6.92 Å². The van der Waals surface area contributed by atoms with Gasteiger partial charge in [-0.1, -0.05) is 6.07 Å². The van der Waals surface area contributed by atoms with Crippen molar-refractivity contribution < 1.29 is 14.2 Å². The third kappa shape index (κ3) is 2.87. The van der Waals surface area contributed by atoms with Gasteiger partial charge in [-0.3, -0.25) is 0 Å². The van der Waals surface area contributed by atoms with Gasteiger partial charge in [0.2, 0.25) is 0 Å². The van der Waals surface area contributed by atoms with E-state index in [0.717, 1.165) is 11.3 Å². The fourth-order valence-corrected chi connectivity index (χ4v) is 2.19. The van der Waals surface area contributed by atoms with Crippen LogP contribution < -0.4 is 4.74 Å². The Labute approximate surface area is 121 Å². The van der Waals surface area contributed by atoms with Crippen LogP contribution in [-0.4, -0.2) is 14.5 Å². The van der Waals surface area contributed by atoms with Gasteiger partial charge in [-0.25, -0.2) is 9.37 Å². The molecule has 0 unspecified atom stereocenters. The Balaban J connectivity index is 1.81. The lowest BCUT2D eigenvalue weighted by Gasteiger charge is -2.12. The number of fused-ring (bicyclic) bond motifs is 1. The van der Waals surface area contributed by atoms with E-state index in [0.29, 0.717) is 11.3 Å². The SMILES string of the molecule is C[C@@H](O)c1cc(F)ccc1OCc1cn2ccccc2n1. The Bertz CT molecular complexity index is 735. The molecule has 21 heavy (non-hydrogen) atoms. The number of aliphatic hydroxyl groups excluding tert-OH is 1. The van der Waals surface area contributed by atoms with E-state index < -0.39 is 11.9 Å². The van der Waals surface area contributed by atoms with Gasteiger partial charge in [0.25, 0.3) is 0 Å². The van der Waals surface area contributed by atoms with Crippen LogP contribution in [0.25, 0.3) is 5.65 Å². The van der Waals surface area contributed by atoms with Crippen molar-refractivity contribution in [3.8, 4) is 5.75 Å². The molecule has 0 amide bonds. The predicted molar refractivity (Wildman–Crippen MR) is 76.6 cm³/mol. The van der Waals surface area contributed by atoms with E-state index in [9.17, 15) is 9.50 Å². The number of hydrogen-bond acceptors (Lipinski definition) is 3. The third-order valence-corrected chi connectivity index (χ3v) is 3.21. The van der Waals surface area contributed by atoms with Gasteiger partial charge in [-0.05, 0) is 37.3 Å². The van der Waals surface area contributed by atoms with E-state index in [1.165, 1.54) is 18.2 Å². The molecule has 0 aliphatic carbocycles. The quantitative estimate of drug-likeness (QED) is 0.801. The van der Waals surface area contributed by atoms with Crippen LogP contribution in [0.3, 0.4) is 0 Å². The first-order valence-electron chi connectivity index (χ1n) is 6.66. The van der Waals surface area contributed by atoms with Gasteiger partial charge in [0, 0.05) is 18.0 Å². The Kier molecular flexibility index (Phi) is 3.58. The van der Waals surface area contributed by atoms with Crippen LogP contribution >= 0.6 is 0 Å². The topological polar surface area (TPSA) is 46.8 Å². The van der Waals surface area contributed by atoms with Crippen molar-refractivity contribution in [3.05, 3.63) is 65.9 Å². The monoisotopic (exact) mass is 286 g/mol. The van der Waals surface area contributed by atoms with Crippen LogP contribution in [0.15, 0.2) is 48.8 Å². The maximum absolute atomic E-state index is 13.2. The van der Waals surface area contributed by atoms with Crippen molar-refractivity contribution in [1.82, 2.24) is 9.38 Å². The molecule has 5 heteroatoms. The summed E-state index contributed by atoms with van der Waals surface area (Å²) in [6, 6.07) is 9.85. The van der Waals surface area contributed by atoms with Crippen molar-refractivity contribution >= 4 is 5.65 Å². The number of ether oxygens (including phenoxy) is 1. The summed E-state index contributed by atoms with van der Waals surface area (Å²) in [5, 5.41) is 9.67. The van der Waals surface area contributed by atoms with Gasteiger partial charge < -0.3 is 14.2 Å². The van der Waals surface area contributed by atoms with Crippen molar-refractivity contribution in [2.75, 3.05) is 0 Å². The normalized spacial score (nSPS) is 12.5. The highest BCUT2D eigenvalue weighted by Crippen LogP contribution is 2.26. The average Bonchev–Trinajstić information content (AvgIpc) is 2.88. The minimum atomic E-state index is -0.795. The second kappa shape index (κ2) is 5.54. The predicted octanol–water partition coefficient (Wildman–Crippen LogP) is 3.11. The maximum Gasteiger partial charge on any atom is 0.137 e. The second-order valence-corrected chi connectivity index (χ2v) is 4.85. The minimum Gasteiger partial charge on any atom is -0.487 e. The molecule has 0 aliphatic rings. The molecule has 108 valence electrons. The zero-order valence-electron chi connectivity index (χ0n) is 11.5. The lowest BCUT2D eigenvalue weighted by Crippen LogP contribution is -2.01. The number of aromatic nitrogens is 2. The molecule has 2 aromatic heterocycles. The van der Waals surface area contributed by atoms with Gasteiger partial charge in [0.15, 0.2) is 0 Å². The van der Waals surface area contributed by atoms with Gasteiger partial charge in [0.05, 0.1) is 11.8 Å². The summed E-state index contributed by atoms with van der Waals surface area (Å²) in [5.41, 5.74) is 2.03. The summed E-state index contributed by atoms with van der Waals surface area (Å²) < 4.78 is 20.8. The maximum atomic E-state index is 13.2. The molecule has 3 rings (SSSR count). The van der Waals surface area contributed by atoms with E-state index in [2.05, 4.69) is 4.98 Å². The molecule has 3 aromatic rings. The van der Waals surface area contributed by atoms with E-state index in [4.69, 9.17) is 4.74 Å². The molecule has 0 saturated carbocycles. The van der Waals surface area contributed by atoms with Gasteiger partial charge >= 0.3 is 0 Å². The number of nitrogens with zero attached hydrogens (tertiary/aromatic N) is 2. The smallest absolute Gasteiger partial charge is 0.137 e.